The van der Waals surface area contributed by atoms with E-state index in [0.717, 1.165) is 5.56 Å². The van der Waals surface area contributed by atoms with Crippen molar-refractivity contribution in [2.45, 2.75) is 19.3 Å². The minimum absolute atomic E-state index is 0.0365. The molecule has 128 valence electrons. The number of carbonyl (C=O) groups is 2. The molecule has 24 heavy (non-hydrogen) atoms. The Morgan fingerprint density at radius 2 is 2.00 bits per heavy atom. The predicted octanol–water partition coefficient (Wildman–Crippen LogP) is 3.10. The summed E-state index contributed by atoms with van der Waals surface area (Å²) in [4.78, 5) is 25.5. The standard InChI is InChI=1S/C18H21ClN2O3/c1-18(2,13-6-4-7-14(19)10-13)12-20-16(22)11-21(3)17(23)15-8-5-9-24-15/h4-10H,11-12H2,1-3H3,(H,20,22). The van der Waals surface area contributed by atoms with Crippen molar-refractivity contribution in [3.8, 4) is 0 Å². The molecule has 0 aliphatic carbocycles. The maximum atomic E-state index is 12.1. The summed E-state index contributed by atoms with van der Waals surface area (Å²) in [5.41, 5.74) is 0.764. The highest BCUT2D eigenvalue weighted by Crippen LogP contribution is 2.24. The summed E-state index contributed by atoms with van der Waals surface area (Å²) >= 11 is 6.03. The number of rotatable bonds is 6. The molecule has 6 heteroatoms. The van der Waals surface area contributed by atoms with Gasteiger partial charge in [-0.15, -0.1) is 0 Å². The molecule has 0 spiro atoms. The fourth-order valence-electron chi connectivity index (χ4n) is 2.26. The van der Waals surface area contributed by atoms with Crippen molar-refractivity contribution in [2.24, 2.45) is 0 Å². The van der Waals surface area contributed by atoms with E-state index in [1.807, 2.05) is 38.1 Å². The Bertz CT molecular complexity index is 711. The van der Waals surface area contributed by atoms with Crippen molar-refractivity contribution in [3.63, 3.8) is 0 Å². The summed E-state index contributed by atoms with van der Waals surface area (Å²) in [7, 11) is 1.56. The minimum atomic E-state index is -0.329. The van der Waals surface area contributed by atoms with Gasteiger partial charge in [0.25, 0.3) is 5.91 Å². The normalized spacial score (nSPS) is 11.2. The van der Waals surface area contributed by atoms with Gasteiger partial charge in [-0.25, -0.2) is 0 Å². The van der Waals surface area contributed by atoms with Crippen LogP contribution in [-0.4, -0.2) is 36.9 Å². The van der Waals surface area contributed by atoms with Crippen LogP contribution in [0, 0.1) is 0 Å². The molecule has 0 saturated carbocycles. The van der Waals surface area contributed by atoms with Crippen molar-refractivity contribution < 1.29 is 14.0 Å². The van der Waals surface area contributed by atoms with E-state index in [1.165, 1.54) is 11.2 Å². The topological polar surface area (TPSA) is 62.6 Å². The first-order valence-corrected chi connectivity index (χ1v) is 7.99. The Labute approximate surface area is 146 Å². The van der Waals surface area contributed by atoms with Gasteiger partial charge in [0.1, 0.15) is 0 Å². The van der Waals surface area contributed by atoms with Crippen LogP contribution in [0.4, 0.5) is 0 Å². The van der Waals surface area contributed by atoms with Crippen LogP contribution in [0.2, 0.25) is 5.02 Å². The molecule has 2 aromatic rings. The lowest BCUT2D eigenvalue weighted by Gasteiger charge is -2.26. The van der Waals surface area contributed by atoms with E-state index in [9.17, 15) is 9.59 Å². The van der Waals surface area contributed by atoms with Crippen LogP contribution in [0.15, 0.2) is 47.1 Å². The summed E-state index contributed by atoms with van der Waals surface area (Å²) in [5.74, 6) is -0.346. The number of hydrogen-bond donors (Lipinski definition) is 1. The van der Waals surface area contributed by atoms with Crippen LogP contribution in [-0.2, 0) is 10.2 Å². The lowest BCUT2D eigenvalue weighted by Crippen LogP contribution is -2.42. The first-order chi connectivity index (χ1) is 11.3. The number of nitrogens with one attached hydrogen (secondary N) is 1. The highest BCUT2D eigenvalue weighted by Gasteiger charge is 2.23. The molecule has 5 nitrogen and oxygen atoms in total. The summed E-state index contributed by atoms with van der Waals surface area (Å²) < 4.78 is 5.05. The van der Waals surface area contributed by atoms with E-state index >= 15 is 0 Å². The molecule has 2 amide bonds. The molecule has 2 rings (SSSR count). The number of amides is 2. The molecular formula is C18H21ClN2O3. The summed E-state index contributed by atoms with van der Waals surface area (Å²) in [6.45, 7) is 4.45. The summed E-state index contributed by atoms with van der Waals surface area (Å²) in [5, 5.41) is 3.53. The van der Waals surface area contributed by atoms with Gasteiger partial charge in [0, 0.05) is 24.0 Å². The van der Waals surface area contributed by atoms with Crippen molar-refractivity contribution in [2.75, 3.05) is 20.1 Å². The number of hydrogen-bond acceptors (Lipinski definition) is 3. The van der Waals surface area contributed by atoms with Crippen LogP contribution < -0.4 is 5.32 Å². The van der Waals surface area contributed by atoms with Gasteiger partial charge in [-0.1, -0.05) is 37.6 Å². The van der Waals surface area contributed by atoms with E-state index in [0.29, 0.717) is 11.6 Å². The first kappa shape index (κ1) is 18.1. The Balaban J connectivity index is 1.89. The average Bonchev–Trinajstić information content (AvgIpc) is 3.06. The van der Waals surface area contributed by atoms with E-state index in [4.69, 9.17) is 16.0 Å². The SMILES string of the molecule is CN(CC(=O)NCC(C)(C)c1cccc(Cl)c1)C(=O)c1ccco1. The van der Waals surface area contributed by atoms with Gasteiger partial charge in [-0.2, -0.15) is 0 Å². The molecule has 0 fully saturated rings. The Morgan fingerprint density at radius 1 is 1.25 bits per heavy atom. The van der Waals surface area contributed by atoms with Crippen molar-refractivity contribution in [1.29, 1.82) is 0 Å². The van der Waals surface area contributed by atoms with Gasteiger partial charge in [0.2, 0.25) is 5.91 Å². The average molecular weight is 349 g/mol. The van der Waals surface area contributed by atoms with Crippen LogP contribution in [0.1, 0.15) is 30.0 Å². The van der Waals surface area contributed by atoms with Crippen molar-refractivity contribution in [1.82, 2.24) is 10.2 Å². The molecule has 0 radical (unpaired) electrons. The molecular weight excluding hydrogens is 328 g/mol. The molecule has 0 unspecified atom stereocenters. The lowest BCUT2D eigenvalue weighted by atomic mass is 9.84. The highest BCUT2D eigenvalue weighted by molar-refractivity contribution is 6.30. The largest absolute Gasteiger partial charge is 0.459 e. The Morgan fingerprint density at radius 3 is 2.62 bits per heavy atom. The summed E-state index contributed by atoms with van der Waals surface area (Å²) in [6, 6.07) is 10.8. The number of carbonyl (C=O) groups excluding carboxylic acids is 2. The van der Waals surface area contributed by atoms with Crippen LogP contribution in [0.5, 0.6) is 0 Å². The fourth-order valence-corrected chi connectivity index (χ4v) is 2.45. The number of likely N-dealkylation sites (N-methyl/N-ethyl adjacent to an activating group) is 1. The smallest absolute Gasteiger partial charge is 0.289 e. The molecule has 1 heterocycles. The molecule has 1 aromatic heterocycles. The second-order valence-electron chi connectivity index (χ2n) is 6.31. The number of nitrogens with zero attached hydrogens (tertiary/aromatic N) is 1. The molecule has 0 bridgehead atoms. The zero-order chi connectivity index (χ0) is 17.7. The third-order valence-electron chi connectivity index (χ3n) is 3.79. The van der Waals surface area contributed by atoms with Crippen molar-refractivity contribution in [3.05, 3.63) is 59.0 Å². The lowest BCUT2D eigenvalue weighted by molar-refractivity contribution is -0.121. The molecule has 0 aliphatic rings. The van der Waals surface area contributed by atoms with Crippen LogP contribution >= 0.6 is 11.6 Å². The summed E-state index contributed by atoms with van der Waals surface area (Å²) in [6.07, 6.45) is 1.43. The quantitative estimate of drug-likeness (QED) is 0.872. The third kappa shape index (κ3) is 4.61. The maximum absolute atomic E-state index is 12.1. The zero-order valence-corrected chi connectivity index (χ0v) is 14.8. The molecule has 0 saturated heterocycles. The number of benzene rings is 1. The minimum Gasteiger partial charge on any atom is -0.459 e. The highest BCUT2D eigenvalue weighted by atomic mass is 35.5. The van der Waals surface area contributed by atoms with E-state index in [-0.39, 0.29) is 29.5 Å². The Hall–Kier alpha value is -2.27. The fraction of sp³-hybridized carbons (Fsp3) is 0.333. The van der Waals surface area contributed by atoms with Crippen LogP contribution in [0.3, 0.4) is 0 Å². The number of halogens is 1. The monoisotopic (exact) mass is 348 g/mol. The molecule has 0 atom stereocenters. The van der Waals surface area contributed by atoms with Crippen molar-refractivity contribution >= 4 is 23.4 Å². The van der Waals surface area contributed by atoms with E-state index in [1.54, 1.807) is 19.2 Å². The second kappa shape index (κ2) is 7.53. The van der Waals surface area contributed by atoms with Crippen LogP contribution in [0.25, 0.3) is 0 Å². The van der Waals surface area contributed by atoms with Gasteiger partial charge in [0.05, 0.1) is 12.8 Å². The molecule has 0 aliphatic heterocycles. The van der Waals surface area contributed by atoms with Gasteiger partial charge in [-0.3, -0.25) is 9.59 Å². The van der Waals surface area contributed by atoms with Gasteiger partial charge in [-0.05, 0) is 29.8 Å². The van der Waals surface area contributed by atoms with Gasteiger partial charge >= 0.3 is 0 Å². The number of furan rings is 1. The first-order valence-electron chi connectivity index (χ1n) is 7.61. The third-order valence-corrected chi connectivity index (χ3v) is 4.03. The zero-order valence-electron chi connectivity index (χ0n) is 14.0. The van der Waals surface area contributed by atoms with Gasteiger partial charge in [0.15, 0.2) is 5.76 Å². The Kier molecular flexibility index (Phi) is 5.67. The van der Waals surface area contributed by atoms with Gasteiger partial charge < -0.3 is 14.6 Å². The van der Waals surface area contributed by atoms with E-state index < -0.39 is 0 Å². The molecule has 1 aromatic carbocycles. The predicted molar refractivity (Wildman–Crippen MR) is 93.2 cm³/mol. The molecule has 1 N–H and O–H groups in total. The maximum Gasteiger partial charge on any atom is 0.289 e. The second-order valence-corrected chi connectivity index (χ2v) is 6.75. The van der Waals surface area contributed by atoms with E-state index in [2.05, 4.69) is 5.32 Å².